The van der Waals surface area contributed by atoms with Gasteiger partial charge in [0.15, 0.2) is 0 Å². The number of methoxy groups -OCH3 is 2. The Morgan fingerprint density at radius 3 is 2.61 bits per heavy atom. The number of benzene rings is 1. The van der Waals surface area contributed by atoms with Crippen LogP contribution in [0.2, 0.25) is 0 Å². The zero-order valence-electron chi connectivity index (χ0n) is 15.0. The van der Waals surface area contributed by atoms with E-state index in [0.717, 1.165) is 63.0 Å². The van der Waals surface area contributed by atoms with Crippen molar-refractivity contribution in [3.05, 3.63) is 29.3 Å². The zero-order valence-corrected chi connectivity index (χ0v) is 15.0. The monoisotopic (exact) mass is 321 g/mol. The number of unbranched alkanes of at least 4 members (excludes halogenated alkanes) is 2. The molecule has 4 heteroatoms. The van der Waals surface area contributed by atoms with Crippen molar-refractivity contribution in [2.45, 2.75) is 52.0 Å². The van der Waals surface area contributed by atoms with Gasteiger partial charge in [-0.15, -0.1) is 0 Å². The summed E-state index contributed by atoms with van der Waals surface area (Å²) in [5, 5.41) is 0. The maximum Gasteiger partial charge on any atom is 0.210 e. The maximum atomic E-state index is 11.4. The smallest absolute Gasteiger partial charge is 0.210 e. The summed E-state index contributed by atoms with van der Waals surface area (Å²) in [6.45, 7) is 5.81. The molecule has 4 nitrogen and oxygen atoms in total. The van der Waals surface area contributed by atoms with Gasteiger partial charge in [-0.25, -0.2) is 0 Å². The van der Waals surface area contributed by atoms with Crippen LogP contribution >= 0.6 is 0 Å². The first-order valence-electron chi connectivity index (χ1n) is 8.54. The highest BCUT2D eigenvalue weighted by Crippen LogP contribution is 2.27. The number of rotatable bonds is 12. The van der Waals surface area contributed by atoms with Gasteiger partial charge >= 0.3 is 0 Å². The molecular weight excluding hydrogens is 290 g/mol. The third-order valence-electron chi connectivity index (χ3n) is 4.23. The van der Waals surface area contributed by atoms with Gasteiger partial charge in [0.05, 0.1) is 13.2 Å². The molecule has 0 N–H and O–H groups in total. The summed E-state index contributed by atoms with van der Waals surface area (Å²) in [7, 11) is 3.43. The molecule has 0 bridgehead atoms. The molecular formula is C19H31NO3. The summed E-state index contributed by atoms with van der Waals surface area (Å²) in [5.41, 5.74) is 2.37. The Morgan fingerprint density at radius 1 is 1.22 bits per heavy atom. The van der Waals surface area contributed by atoms with Gasteiger partial charge in [-0.1, -0.05) is 25.5 Å². The van der Waals surface area contributed by atoms with E-state index in [9.17, 15) is 4.79 Å². The Balaban J connectivity index is 2.83. The van der Waals surface area contributed by atoms with Crippen molar-refractivity contribution < 1.29 is 14.3 Å². The molecule has 0 aliphatic rings. The Kier molecular flexibility index (Phi) is 9.37. The van der Waals surface area contributed by atoms with Crippen molar-refractivity contribution in [3.8, 4) is 5.75 Å². The Morgan fingerprint density at radius 2 is 2.00 bits per heavy atom. The first-order chi connectivity index (χ1) is 11.2. The lowest BCUT2D eigenvalue weighted by Gasteiger charge is -2.26. The second-order valence-electron chi connectivity index (χ2n) is 5.89. The predicted octanol–water partition coefficient (Wildman–Crippen LogP) is 3.98. The molecule has 0 saturated heterocycles. The van der Waals surface area contributed by atoms with E-state index in [1.165, 1.54) is 5.56 Å². The van der Waals surface area contributed by atoms with E-state index < -0.39 is 0 Å². The number of hydrogen-bond donors (Lipinski definition) is 0. The second kappa shape index (κ2) is 11.1. The molecule has 0 fully saturated rings. The van der Waals surface area contributed by atoms with Gasteiger partial charge in [-0.05, 0) is 49.8 Å². The summed E-state index contributed by atoms with van der Waals surface area (Å²) < 4.78 is 10.6. The third-order valence-corrected chi connectivity index (χ3v) is 4.23. The van der Waals surface area contributed by atoms with E-state index >= 15 is 0 Å². The number of carbonyl (C=O) groups excluding carboxylic acids is 1. The van der Waals surface area contributed by atoms with E-state index in [0.29, 0.717) is 0 Å². The van der Waals surface area contributed by atoms with E-state index in [-0.39, 0.29) is 6.04 Å². The molecule has 0 radical (unpaired) electrons. The standard InChI is InChI=1S/C19H31NO3/c1-5-6-12-20(15-21)16(2)17-10-11-19(23-4)18(14-17)9-7-8-13-22-3/h10-11,14-16H,5-9,12-13H2,1-4H3. The lowest BCUT2D eigenvalue weighted by atomic mass is 10.00. The minimum Gasteiger partial charge on any atom is -0.496 e. The minimum atomic E-state index is 0.0858. The van der Waals surface area contributed by atoms with Gasteiger partial charge in [0.2, 0.25) is 6.41 Å². The molecule has 23 heavy (non-hydrogen) atoms. The summed E-state index contributed by atoms with van der Waals surface area (Å²) in [4.78, 5) is 13.2. The highest BCUT2D eigenvalue weighted by Gasteiger charge is 2.15. The van der Waals surface area contributed by atoms with Gasteiger partial charge in [-0.3, -0.25) is 4.79 Å². The summed E-state index contributed by atoms with van der Waals surface area (Å²) in [6, 6.07) is 6.34. The lowest BCUT2D eigenvalue weighted by Crippen LogP contribution is -2.26. The van der Waals surface area contributed by atoms with Gasteiger partial charge in [-0.2, -0.15) is 0 Å². The van der Waals surface area contributed by atoms with Crippen LogP contribution in [0.15, 0.2) is 18.2 Å². The van der Waals surface area contributed by atoms with Crippen molar-refractivity contribution in [1.29, 1.82) is 0 Å². The number of amides is 1. The fraction of sp³-hybridized carbons (Fsp3) is 0.632. The molecule has 1 amide bonds. The molecule has 0 saturated carbocycles. The SMILES string of the molecule is CCCCN(C=O)C(C)c1ccc(OC)c(CCCCOC)c1. The van der Waals surface area contributed by atoms with E-state index in [2.05, 4.69) is 26.0 Å². The highest BCUT2D eigenvalue weighted by molar-refractivity contribution is 5.49. The number of nitrogens with zero attached hydrogens (tertiary/aromatic N) is 1. The summed E-state index contributed by atoms with van der Waals surface area (Å²) >= 11 is 0. The largest absolute Gasteiger partial charge is 0.496 e. The van der Waals surface area contributed by atoms with Gasteiger partial charge in [0.1, 0.15) is 5.75 Å². The van der Waals surface area contributed by atoms with E-state index in [4.69, 9.17) is 9.47 Å². The first kappa shape index (κ1) is 19.5. The zero-order chi connectivity index (χ0) is 17.1. The number of aryl methyl sites for hydroxylation is 1. The Hall–Kier alpha value is -1.55. The molecule has 0 aliphatic carbocycles. The second-order valence-corrected chi connectivity index (χ2v) is 5.89. The fourth-order valence-electron chi connectivity index (χ4n) is 2.69. The van der Waals surface area contributed by atoms with Crippen LogP contribution in [-0.2, 0) is 16.0 Å². The predicted molar refractivity (Wildman–Crippen MR) is 93.9 cm³/mol. The molecule has 0 spiro atoms. The molecule has 0 aliphatic heterocycles. The van der Waals surface area contributed by atoms with E-state index in [1.807, 2.05) is 11.0 Å². The average molecular weight is 321 g/mol. The Bertz CT molecular complexity index is 462. The van der Waals surface area contributed by atoms with Crippen molar-refractivity contribution in [3.63, 3.8) is 0 Å². The number of hydrogen-bond acceptors (Lipinski definition) is 3. The van der Waals surface area contributed by atoms with Crippen LogP contribution in [-0.4, -0.2) is 38.7 Å². The topological polar surface area (TPSA) is 38.8 Å². The van der Waals surface area contributed by atoms with Crippen molar-refractivity contribution in [1.82, 2.24) is 4.90 Å². The third kappa shape index (κ3) is 6.22. The Labute approximate surface area is 140 Å². The lowest BCUT2D eigenvalue weighted by molar-refractivity contribution is -0.120. The van der Waals surface area contributed by atoms with Crippen LogP contribution in [0.1, 0.15) is 56.7 Å². The molecule has 1 aromatic carbocycles. The molecule has 0 aromatic heterocycles. The molecule has 1 unspecified atom stereocenters. The maximum absolute atomic E-state index is 11.4. The minimum absolute atomic E-state index is 0.0858. The van der Waals surface area contributed by atoms with Crippen molar-refractivity contribution >= 4 is 6.41 Å². The van der Waals surface area contributed by atoms with Crippen LogP contribution in [0.3, 0.4) is 0 Å². The molecule has 1 atom stereocenters. The van der Waals surface area contributed by atoms with Crippen LogP contribution in [0.5, 0.6) is 5.75 Å². The molecule has 0 heterocycles. The van der Waals surface area contributed by atoms with Crippen LogP contribution in [0.25, 0.3) is 0 Å². The van der Waals surface area contributed by atoms with Crippen LogP contribution in [0.4, 0.5) is 0 Å². The quantitative estimate of drug-likeness (QED) is 0.432. The highest BCUT2D eigenvalue weighted by atomic mass is 16.5. The van der Waals surface area contributed by atoms with E-state index in [1.54, 1.807) is 14.2 Å². The summed E-state index contributed by atoms with van der Waals surface area (Å²) in [6.07, 6.45) is 6.14. The number of ether oxygens (including phenoxy) is 2. The van der Waals surface area contributed by atoms with Gasteiger partial charge in [0.25, 0.3) is 0 Å². The molecule has 1 rings (SSSR count). The average Bonchev–Trinajstić information content (AvgIpc) is 2.59. The van der Waals surface area contributed by atoms with Gasteiger partial charge < -0.3 is 14.4 Å². The normalized spacial score (nSPS) is 12.0. The fourth-order valence-corrected chi connectivity index (χ4v) is 2.69. The van der Waals surface area contributed by atoms with Gasteiger partial charge in [0, 0.05) is 20.3 Å². The van der Waals surface area contributed by atoms with Crippen LogP contribution in [0, 0.1) is 0 Å². The molecule has 130 valence electrons. The first-order valence-corrected chi connectivity index (χ1v) is 8.54. The summed E-state index contributed by atoms with van der Waals surface area (Å²) in [5.74, 6) is 0.921. The van der Waals surface area contributed by atoms with Crippen molar-refractivity contribution in [2.24, 2.45) is 0 Å². The van der Waals surface area contributed by atoms with Crippen LogP contribution < -0.4 is 4.74 Å². The number of carbonyl (C=O) groups is 1. The van der Waals surface area contributed by atoms with Crippen molar-refractivity contribution in [2.75, 3.05) is 27.4 Å². The molecule has 1 aromatic rings.